The maximum atomic E-state index is 9.17. The number of halogens is 2. The summed E-state index contributed by atoms with van der Waals surface area (Å²) in [6, 6.07) is 7.31. The van der Waals surface area contributed by atoms with Crippen molar-refractivity contribution in [3.05, 3.63) is 49.9 Å². The summed E-state index contributed by atoms with van der Waals surface area (Å²) in [5, 5.41) is 12.9. The van der Waals surface area contributed by atoms with Crippen LogP contribution in [-0.2, 0) is 0 Å². The van der Waals surface area contributed by atoms with Gasteiger partial charge in [0, 0.05) is 21.1 Å². The summed E-state index contributed by atoms with van der Waals surface area (Å²) in [7, 11) is 0. The first-order valence-electron chi connectivity index (χ1n) is 5.09. The quantitative estimate of drug-likeness (QED) is 0.744. The van der Waals surface area contributed by atoms with Crippen LogP contribution in [0.4, 0.5) is 0 Å². The lowest BCUT2D eigenvalue weighted by atomic mass is 10.1. The van der Waals surface area contributed by atoms with Crippen molar-refractivity contribution in [3.8, 4) is 6.07 Å². The Hall–Kier alpha value is -1.34. The minimum absolute atomic E-state index is 0.498. The molecule has 0 saturated carbocycles. The smallest absolute Gasteiger partial charge is 0.134 e. The highest BCUT2D eigenvalue weighted by Gasteiger charge is 2.07. The largest absolute Gasteiger partial charge is 0.241 e. The Morgan fingerprint density at radius 1 is 1.44 bits per heavy atom. The van der Waals surface area contributed by atoms with Crippen molar-refractivity contribution in [3.63, 3.8) is 0 Å². The van der Waals surface area contributed by atoms with Gasteiger partial charge in [-0.2, -0.15) is 5.26 Å². The number of thiazole rings is 1. The topological polar surface area (TPSA) is 36.7 Å². The van der Waals surface area contributed by atoms with Crippen molar-refractivity contribution in [1.82, 2.24) is 4.98 Å². The third-order valence-corrected chi connectivity index (χ3v) is 3.79. The summed E-state index contributed by atoms with van der Waals surface area (Å²) in [6.07, 6.45) is 1.72. The molecule has 5 heteroatoms. The molecule has 1 aromatic carbocycles. The van der Waals surface area contributed by atoms with Crippen molar-refractivity contribution in [2.24, 2.45) is 0 Å². The van der Waals surface area contributed by atoms with Gasteiger partial charge in [0.1, 0.15) is 11.1 Å². The van der Waals surface area contributed by atoms with Crippen LogP contribution in [0.1, 0.15) is 16.3 Å². The highest BCUT2D eigenvalue weighted by atomic mass is 35.5. The lowest BCUT2D eigenvalue weighted by molar-refractivity contribution is 1.25. The molecule has 0 amide bonds. The molecule has 1 aromatic heterocycles. The molecule has 2 rings (SSSR count). The van der Waals surface area contributed by atoms with E-state index >= 15 is 0 Å². The average Bonchev–Trinajstić information content (AvgIpc) is 2.75. The van der Waals surface area contributed by atoms with Crippen LogP contribution in [0.25, 0.3) is 11.6 Å². The molecule has 0 fully saturated rings. The fourth-order valence-electron chi connectivity index (χ4n) is 1.39. The minimum atomic E-state index is 0.498. The fraction of sp³-hybridized carbons (Fsp3) is 0.0769. The predicted molar refractivity (Wildman–Crippen MR) is 76.8 cm³/mol. The standard InChI is InChI=1S/C13H8Cl2N2S/c1-8-7-18-13(17-8)10(6-16)4-9-2-3-11(14)5-12(9)15/h2-5,7H,1H3/b10-4-. The van der Waals surface area contributed by atoms with Crippen LogP contribution in [0.5, 0.6) is 0 Å². The summed E-state index contributed by atoms with van der Waals surface area (Å²) in [5.74, 6) is 0. The fourth-order valence-corrected chi connectivity index (χ4v) is 2.62. The third kappa shape index (κ3) is 2.91. The van der Waals surface area contributed by atoms with Crippen LogP contribution in [0.2, 0.25) is 10.0 Å². The molecule has 0 aliphatic rings. The van der Waals surface area contributed by atoms with E-state index in [9.17, 15) is 5.26 Å². The van der Waals surface area contributed by atoms with Gasteiger partial charge in [0.15, 0.2) is 0 Å². The van der Waals surface area contributed by atoms with Crippen molar-refractivity contribution in [2.75, 3.05) is 0 Å². The van der Waals surface area contributed by atoms with Gasteiger partial charge in [0.25, 0.3) is 0 Å². The van der Waals surface area contributed by atoms with E-state index in [0.717, 1.165) is 11.3 Å². The number of aromatic nitrogens is 1. The lowest BCUT2D eigenvalue weighted by Crippen LogP contribution is -1.82. The number of allylic oxidation sites excluding steroid dienone is 1. The molecule has 0 atom stereocenters. The van der Waals surface area contributed by atoms with E-state index < -0.39 is 0 Å². The third-order valence-electron chi connectivity index (χ3n) is 2.23. The second-order valence-electron chi connectivity index (χ2n) is 3.63. The molecule has 90 valence electrons. The second-order valence-corrected chi connectivity index (χ2v) is 5.33. The maximum Gasteiger partial charge on any atom is 0.134 e. The maximum absolute atomic E-state index is 9.17. The normalized spacial score (nSPS) is 11.3. The second kappa shape index (κ2) is 5.53. The Balaban J connectivity index is 2.45. The molecular weight excluding hydrogens is 287 g/mol. The zero-order valence-corrected chi connectivity index (χ0v) is 11.8. The Morgan fingerprint density at radius 3 is 2.78 bits per heavy atom. The van der Waals surface area contributed by atoms with Gasteiger partial charge in [-0.05, 0) is 30.7 Å². The summed E-state index contributed by atoms with van der Waals surface area (Å²) in [6.45, 7) is 1.89. The number of rotatable bonds is 2. The first-order chi connectivity index (χ1) is 8.60. The van der Waals surface area contributed by atoms with Gasteiger partial charge in [0.2, 0.25) is 0 Å². The Bertz CT molecular complexity index is 653. The van der Waals surface area contributed by atoms with Gasteiger partial charge < -0.3 is 0 Å². The van der Waals surface area contributed by atoms with Gasteiger partial charge in [-0.3, -0.25) is 0 Å². The van der Waals surface area contributed by atoms with E-state index in [2.05, 4.69) is 11.1 Å². The van der Waals surface area contributed by atoms with Crippen molar-refractivity contribution >= 4 is 46.2 Å². The van der Waals surface area contributed by atoms with Crippen LogP contribution < -0.4 is 0 Å². The Morgan fingerprint density at radius 2 is 2.22 bits per heavy atom. The summed E-state index contributed by atoms with van der Waals surface area (Å²) >= 11 is 13.3. The van der Waals surface area contributed by atoms with Crippen LogP contribution in [0.3, 0.4) is 0 Å². The predicted octanol–water partition coefficient (Wildman–Crippen LogP) is 4.82. The Kier molecular flexibility index (Phi) is 4.03. The van der Waals surface area contributed by atoms with Crippen molar-refractivity contribution < 1.29 is 0 Å². The SMILES string of the molecule is Cc1csc(/C(C#N)=C\c2ccc(Cl)cc2Cl)n1. The summed E-state index contributed by atoms with van der Waals surface area (Å²) in [4.78, 5) is 4.28. The van der Waals surface area contributed by atoms with Gasteiger partial charge in [-0.25, -0.2) is 4.98 Å². The molecule has 0 saturated heterocycles. The first kappa shape index (κ1) is 13.1. The Labute approximate surface area is 119 Å². The average molecular weight is 295 g/mol. The molecule has 18 heavy (non-hydrogen) atoms. The molecule has 2 nitrogen and oxygen atoms in total. The lowest BCUT2D eigenvalue weighted by Gasteiger charge is -1.99. The van der Waals surface area contributed by atoms with Crippen LogP contribution in [0, 0.1) is 18.3 Å². The molecule has 0 unspecified atom stereocenters. The van der Waals surface area contributed by atoms with E-state index in [1.165, 1.54) is 11.3 Å². The van der Waals surface area contributed by atoms with Crippen LogP contribution in [0.15, 0.2) is 23.6 Å². The van der Waals surface area contributed by atoms with Crippen molar-refractivity contribution in [1.29, 1.82) is 5.26 Å². The summed E-state index contributed by atoms with van der Waals surface area (Å²) < 4.78 is 0. The van der Waals surface area contributed by atoms with Gasteiger partial charge in [-0.15, -0.1) is 11.3 Å². The van der Waals surface area contributed by atoms with Gasteiger partial charge in [-0.1, -0.05) is 29.3 Å². The molecule has 0 aliphatic carbocycles. The first-order valence-corrected chi connectivity index (χ1v) is 6.73. The monoisotopic (exact) mass is 294 g/mol. The minimum Gasteiger partial charge on any atom is -0.241 e. The van der Waals surface area contributed by atoms with E-state index in [1.807, 2.05) is 12.3 Å². The van der Waals surface area contributed by atoms with Gasteiger partial charge >= 0.3 is 0 Å². The molecule has 0 aliphatic heterocycles. The molecule has 0 bridgehead atoms. The van der Waals surface area contributed by atoms with Gasteiger partial charge in [0.05, 0.1) is 5.57 Å². The van der Waals surface area contributed by atoms with E-state index in [-0.39, 0.29) is 0 Å². The highest BCUT2D eigenvalue weighted by molar-refractivity contribution is 7.11. The number of hydrogen-bond donors (Lipinski definition) is 0. The zero-order valence-electron chi connectivity index (χ0n) is 9.45. The number of nitrogens with zero attached hydrogens (tertiary/aromatic N) is 2. The molecule has 0 N–H and O–H groups in total. The highest BCUT2D eigenvalue weighted by Crippen LogP contribution is 2.26. The molecule has 0 radical (unpaired) electrons. The molecule has 2 aromatic rings. The van der Waals surface area contributed by atoms with E-state index in [4.69, 9.17) is 23.2 Å². The number of benzene rings is 1. The number of nitriles is 1. The summed E-state index contributed by atoms with van der Waals surface area (Å²) in [5.41, 5.74) is 2.15. The molecule has 0 spiro atoms. The van der Waals surface area contributed by atoms with Crippen molar-refractivity contribution in [2.45, 2.75) is 6.92 Å². The molecule has 1 heterocycles. The van der Waals surface area contributed by atoms with E-state index in [1.54, 1.807) is 24.3 Å². The number of aryl methyl sites for hydroxylation is 1. The molecular formula is C13H8Cl2N2S. The number of hydrogen-bond acceptors (Lipinski definition) is 3. The van der Waals surface area contributed by atoms with Crippen LogP contribution in [-0.4, -0.2) is 4.98 Å². The van der Waals surface area contributed by atoms with Crippen LogP contribution >= 0.6 is 34.5 Å². The zero-order chi connectivity index (χ0) is 13.1. The van der Waals surface area contributed by atoms with E-state index in [0.29, 0.717) is 20.6 Å².